The van der Waals surface area contributed by atoms with E-state index >= 15 is 0 Å². The molecule has 1 N–H and O–H groups in total. The first-order chi connectivity index (χ1) is 9.76. The summed E-state index contributed by atoms with van der Waals surface area (Å²) in [6.45, 7) is 0.823. The number of fused-ring (bicyclic) bond motifs is 1. The van der Waals surface area contributed by atoms with Gasteiger partial charge >= 0.3 is 0 Å². The topological polar surface area (TPSA) is 54.3 Å². The second-order valence-corrected chi connectivity index (χ2v) is 4.76. The van der Waals surface area contributed by atoms with Crippen LogP contribution in [0.1, 0.15) is 11.1 Å². The van der Waals surface area contributed by atoms with Gasteiger partial charge in [0.05, 0.1) is 16.7 Å². The van der Waals surface area contributed by atoms with Crippen molar-refractivity contribution in [1.29, 1.82) is 5.26 Å². The van der Waals surface area contributed by atoms with Gasteiger partial charge in [-0.05, 0) is 42.0 Å². The fraction of sp³-hybridized carbons (Fsp3) is 0.133. The first-order valence-corrected chi connectivity index (χ1v) is 6.46. The molecule has 5 heteroatoms. The SMILES string of the molecule is N#Cc1ccc(NCc2cc(Cl)c3c(c2)OCO3)cc1. The number of ether oxygens (including phenoxy) is 2. The van der Waals surface area contributed by atoms with Crippen LogP contribution in [0, 0.1) is 11.3 Å². The quantitative estimate of drug-likeness (QED) is 0.937. The number of hydrogen-bond donors (Lipinski definition) is 1. The minimum absolute atomic E-state index is 0.210. The van der Waals surface area contributed by atoms with E-state index in [0.717, 1.165) is 11.3 Å². The molecule has 0 amide bonds. The van der Waals surface area contributed by atoms with E-state index in [1.165, 1.54) is 0 Å². The molecule has 0 fully saturated rings. The normalized spacial score (nSPS) is 12.0. The van der Waals surface area contributed by atoms with Gasteiger partial charge < -0.3 is 14.8 Å². The summed E-state index contributed by atoms with van der Waals surface area (Å²) in [5, 5.41) is 12.6. The molecule has 100 valence electrons. The van der Waals surface area contributed by atoms with Crippen LogP contribution in [-0.4, -0.2) is 6.79 Å². The van der Waals surface area contributed by atoms with Gasteiger partial charge in [0.2, 0.25) is 6.79 Å². The molecular formula is C15H11ClN2O2. The molecule has 0 aliphatic carbocycles. The number of nitrogens with one attached hydrogen (secondary N) is 1. The maximum atomic E-state index is 8.75. The molecule has 2 aromatic rings. The van der Waals surface area contributed by atoms with E-state index in [-0.39, 0.29) is 6.79 Å². The lowest BCUT2D eigenvalue weighted by atomic mass is 10.2. The maximum absolute atomic E-state index is 8.75. The van der Waals surface area contributed by atoms with Crippen LogP contribution in [0.4, 0.5) is 5.69 Å². The molecule has 0 atom stereocenters. The molecule has 1 aliphatic heterocycles. The molecule has 1 heterocycles. The summed E-state index contributed by atoms with van der Waals surface area (Å²) in [7, 11) is 0. The third kappa shape index (κ3) is 2.49. The minimum Gasteiger partial charge on any atom is -0.454 e. The molecule has 0 unspecified atom stereocenters. The second kappa shape index (κ2) is 5.32. The van der Waals surface area contributed by atoms with E-state index < -0.39 is 0 Å². The van der Waals surface area contributed by atoms with Gasteiger partial charge in [0.15, 0.2) is 11.5 Å². The number of hydrogen-bond acceptors (Lipinski definition) is 4. The summed E-state index contributed by atoms with van der Waals surface area (Å²) in [6.07, 6.45) is 0. The predicted molar refractivity (Wildman–Crippen MR) is 76.1 cm³/mol. The first-order valence-electron chi connectivity index (χ1n) is 6.08. The smallest absolute Gasteiger partial charge is 0.231 e. The number of nitriles is 1. The van der Waals surface area contributed by atoms with Crippen molar-refractivity contribution in [3.05, 3.63) is 52.5 Å². The van der Waals surface area contributed by atoms with Crippen molar-refractivity contribution < 1.29 is 9.47 Å². The van der Waals surface area contributed by atoms with E-state index in [1.807, 2.05) is 24.3 Å². The standard InChI is InChI=1S/C15H11ClN2O2/c16-13-5-11(6-14-15(13)20-9-19-14)8-18-12-3-1-10(7-17)2-4-12/h1-6,18H,8-9H2. The summed E-state index contributed by atoms with van der Waals surface area (Å²) < 4.78 is 10.6. The second-order valence-electron chi connectivity index (χ2n) is 4.35. The lowest BCUT2D eigenvalue weighted by Gasteiger charge is -2.08. The predicted octanol–water partition coefficient (Wildman–Crippen LogP) is 3.55. The Kier molecular flexibility index (Phi) is 3.36. The van der Waals surface area contributed by atoms with Gasteiger partial charge in [0, 0.05) is 12.2 Å². The van der Waals surface area contributed by atoms with Gasteiger partial charge in [-0.25, -0.2) is 0 Å². The van der Waals surface area contributed by atoms with Gasteiger partial charge in [-0.15, -0.1) is 0 Å². The van der Waals surface area contributed by atoms with Crippen LogP contribution >= 0.6 is 11.6 Å². The Balaban J connectivity index is 1.72. The Bertz CT molecular complexity index is 678. The Morgan fingerprint density at radius 2 is 2.00 bits per heavy atom. The Morgan fingerprint density at radius 1 is 1.20 bits per heavy atom. The molecule has 4 nitrogen and oxygen atoms in total. The van der Waals surface area contributed by atoms with Crippen molar-refractivity contribution >= 4 is 17.3 Å². The first kappa shape index (κ1) is 12.6. The van der Waals surface area contributed by atoms with Crippen molar-refractivity contribution in [2.45, 2.75) is 6.54 Å². The van der Waals surface area contributed by atoms with Crippen molar-refractivity contribution in [3.63, 3.8) is 0 Å². The summed E-state index contributed by atoms with van der Waals surface area (Å²) >= 11 is 6.13. The zero-order valence-corrected chi connectivity index (χ0v) is 11.3. The molecule has 0 bridgehead atoms. The van der Waals surface area contributed by atoms with Crippen molar-refractivity contribution in [2.24, 2.45) is 0 Å². The molecule has 0 saturated carbocycles. The number of nitrogens with zero attached hydrogens (tertiary/aromatic N) is 1. The van der Waals surface area contributed by atoms with Crippen LogP contribution in [0.3, 0.4) is 0 Å². The Hall–Kier alpha value is -2.38. The van der Waals surface area contributed by atoms with Crippen molar-refractivity contribution in [2.75, 3.05) is 12.1 Å². The summed E-state index contributed by atoms with van der Waals surface area (Å²) in [6, 6.07) is 13.1. The molecule has 0 saturated heterocycles. The van der Waals surface area contributed by atoms with E-state index in [9.17, 15) is 0 Å². The van der Waals surface area contributed by atoms with E-state index in [0.29, 0.717) is 28.6 Å². The highest BCUT2D eigenvalue weighted by molar-refractivity contribution is 6.32. The summed E-state index contributed by atoms with van der Waals surface area (Å²) in [4.78, 5) is 0. The van der Waals surface area contributed by atoms with E-state index in [4.69, 9.17) is 26.3 Å². The summed E-state index contributed by atoms with van der Waals surface area (Å²) in [5.41, 5.74) is 2.59. The minimum atomic E-state index is 0.210. The number of rotatable bonds is 3. The van der Waals surface area contributed by atoms with Gasteiger partial charge in [-0.1, -0.05) is 11.6 Å². The van der Waals surface area contributed by atoms with Gasteiger partial charge in [-0.3, -0.25) is 0 Å². The molecule has 1 aliphatic rings. The number of halogens is 1. The lowest BCUT2D eigenvalue weighted by molar-refractivity contribution is 0.174. The third-order valence-corrected chi connectivity index (χ3v) is 3.28. The monoisotopic (exact) mass is 286 g/mol. The highest BCUT2D eigenvalue weighted by Gasteiger charge is 2.18. The van der Waals surface area contributed by atoms with Gasteiger partial charge in [0.25, 0.3) is 0 Å². The average molecular weight is 287 g/mol. The fourth-order valence-electron chi connectivity index (χ4n) is 1.99. The highest BCUT2D eigenvalue weighted by Crippen LogP contribution is 2.39. The molecule has 0 spiro atoms. The highest BCUT2D eigenvalue weighted by atomic mass is 35.5. The lowest BCUT2D eigenvalue weighted by Crippen LogP contribution is -1.99. The van der Waals surface area contributed by atoms with Gasteiger partial charge in [0.1, 0.15) is 0 Å². The number of benzene rings is 2. The molecular weight excluding hydrogens is 276 g/mol. The molecule has 2 aromatic carbocycles. The van der Waals surface area contributed by atoms with Crippen molar-refractivity contribution in [3.8, 4) is 17.6 Å². The molecule has 20 heavy (non-hydrogen) atoms. The number of anilines is 1. The zero-order valence-electron chi connectivity index (χ0n) is 10.5. The van der Waals surface area contributed by atoms with E-state index in [1.54, 1.807) is 12.1 Å². The Labute approximate surface area is 121 Å². The average Bonchev–Trinajstić information content (AvgIpc) is 2.94. The summed E-state index contributed by atoms with van der Waals surface area (Å²) in [5.74, 6) is 1.28. The van der Waals surface area contributed by atoms with Crippen LogP contribution in [0.5, 0.6) is 11.5 Å². The van der Waals surface area contributed by atoms with Crippen LogP contribution in [0.2, 0.25) is 5.02 Å². The van der Waals surface area contributed by atoms with Crippen LogP contribution in [-0.2, 0) is 6.54 Å². The fourth-order valence-corrected chi connectivity index (χ4v) is 2.28. The zero-order chi connectivity index (χ0) is 13.9. The third-order valence-electron chi connectivity index (χ3n) is 3.00. The Morgan fingerprint density at radius 3 is 2.75 bits per heavy atom. The van der Waals surface area contributed by atoms with Crippen LogP contribution in [0.25, 0.3) is 0 Å². The van der Waals surface area contributed by atoms with Gasteiger partial charge in [-0.2, -0.15) is 5.26 Å². The molecule has 0 radical (unpaired) electrons. The largest absolute Gasteiger partial charge is 0.454 e. The molecule has 0 aromatic heterocycles. The van der Waals surface area contributed by atoms with E-state index in [2.05, 4.69) is 11.4 Å². The van der Waals surface area contributed by atoms with Crippen LogP contribution < -0.4 is 14.8 Å². The molecule has 3 rings (SSSR count). The van der Waals surface area contributed by atoms with Crippen molar-refractivity contribution in [1.82, 2.24) is 0 Å². The van der Waals surface area contributed by atoms with Crippen LogP contribution in [0.15, 0.2) is 36.4 Å². The maximum Gasteiger partial charge on any atom is 0.231 e.